The van der Waals surface area contributed by atoms with Gasteiger partial charge in [-0.3, -0.25) is 0 Å². The predicted octanol–water partition coefficient (Wildman–Crippen LogP) is 2.91. The van der Waals surface area contributed by atoms with Gasteiger partial charge in [-0.2, -0.15) is 4.31 Å². The molecule has 2 heterocycles. The second-order valence-corrected chi connectivity index (χ2v) is 8.64. The molecule has 0 unspecified atom stereocenters. The number of rotatable bonds is 4. The highest BCUT2D eigenvalue weighted by Crippen LogP contribution is 2.33. The molecule has 0 spiro atoms. The predicted molar refractivity (Wildman–Crippen MR) is 111 cm³/mol. The van der Waals surface area contributed by atoms with Crippen LogP contribution in [0.1, 0.15) is 12.0 Å². The van der Waals surface area contributed by atoms with Crippen LogP contribution >= 0.6 is 0 Å². The molecule has 7 nitrogen and oxygen atoms in total. The minimum absolute atomic E-state index is 0.107. The molecule has 3 aromatic rings. The summed E-state index contributed by atoms with van der Waals surface area (Å²) in [5.74, 6) is 0.380. The Morgan fingerprint density at radius 3 is 2.38 bits per heavy atom. The van der Waals surface area contributed by atoms with Gasteiger partial charge in [0.1, 0.15) is 5.75 Å². The summed E-state index contributed by atoms with van der Waals surface area (Å²) in [4.78, 5) is 0.281. The van der Waals surface area contributed by atoms with E-state index in [0.29, 0.717) is 29.8 Å². The van der Waals surface area contributed by atoms with Crippen LogP contribution in [0, 0.1) is 0 Å². The van der Waals surface area contributed by atoms with Crippen molar-refractivity contribution in [3.8, 4) is 17.0 Å². The van der Waals surface area contributed by atoms with E-state index in [9.17, 15) is 13.5 Å². The molecule has 148 valence electrons. The Balaban J connectivity index is 1.62. The summed E-state index contributed by atoms with van der Waals surface area (Å²) in [7, 11) is -3.54. The lowest BCUT2D eigenvalue weighted by atomic mass is 9.99. The molecule has 0 saturated heterocycles. The van der Waals surface area contributed by atoms with Gasteiger partial charge in [-0.05, 0) is 42.3 Å². The van der Waals surface area contributed by atoms with Crippen LogP contribution in [0.2, 0.25) is 0 Å². The van der Waals surface area contributed by atoms with Crippen molar-refractivity contribution >= 4 is 21.4 Å². The number of sulfonamides is 1. The maximum absolute atomic E-state index is 12.8. The van der Waals surface area contributed by atoms with Crippen LogP contribution < -0.4 is 5.73 Å². The van der Waals surface area contributed by atoms with Crippen molar-refractivity contribution in [1.82, 2.24) is 14.5 Å². The van der Waals surface area contributed by atoms with Gasteiger partial charge in [0.25, 0.3) is 0 Å². The minimum Gasteiger partial charge on any atom is -0.507 e. The van der Waals surface area contributed by atoms with Crippen molar-refractivity contribution in [2.45, 2.75) is 11.3 Å². The fraction of sp³-hybridized carbons (Fsp3) is 0.143. The Morgan fingerprint density at radius 1 is 0.966 bits per heavy atom. The van der Waals surface area contributed by atoms with Gasteiger partial charge in [0.05, 0.1) is 10.6 Å². The van der Waals surface area contributed by atoms with Gasteiger partial charge in [-0.15, -0.1) is 10.2 Å². The molecule has 0 atom stereocenters. The van der Waals surface area contributed by atoms with Crippen LogP contribution in [-0.4, -0.2) is 41.1 Å². The first-order valence-electron chi connectivity index (χ1n) is 9.13. The highest BCUT2D eigenvalue weighted by Gasteiger charge is 2.27. The third-order valence-corrected chi connectivity index (χ3v) is 6.78. The summed E-state index contributed by atoms with van der Waals surface area (Å²) in [6, 6.07) is 17.1. The fourth-order valence-electron chi connectivity index (χ4n) is 3.34. The summed E-state index contributed by atoms with van der Waals surface area (Å²) < 4.78 is 27.0. The van der Waals surface area contributed by atoms with Gasteiger partial charge >= 0.3 is 0 Å². The molecular formula is C21H20N4O3S. The Bertz CT molecular complexity index is 1180. The first-order valence-corrected chi connectivity index (χ1v) is 10.6. The lowest BCUT2D eigenvalue weighted by molar-refractivity contribution is 0.441. The summed E-state index contributed by atoms with van der Waals surface area (Å²) in [5.41, 5.74) is 8.72. The lowest BCUT2D eigenvalue weighted by Crippen LogP contribution is -2.34. The van der Waals surface area contributed by atoms with Crippen LogP contribution in [-0.2, 0) is 10.0 Å². The second-order valence-electron chi connectivity index (χ2n) is 6.70. The molecule has 8 heteroatoms. The average Bonchev–Trinajstić information content (AvgIpc) is 2.75. The van der Waals surface area contributed by atoms with Gasteiger partial charge in [0.15, 0.2) is 5.82 Å². The first-order chi connectivity index (χ1) is 14.0. The number of benzene rings is 2. The van der Waals surface area contributed by atoms with E-state index < -0.39 is 10.0 Å². The number of phenols is 1. The highest BCUT2D eigenvalue weighted by molar-refractivity contribution is 7.89. The molecule has 0 bridgehead atoms. The summed E-state index contributed by atoms with van der Waals surface area (Å²) in [6.07, 6.45) is 2.36. The molecule has 1 aliphatic heterocycles. The lowest BCUT2D eigenvalue weighted by Gasteiger charge is -2.26. The largest absolute Gasteiger partial charge is 0.507 e. The van der Waals surface area contributed by atoms with E-state index in [2.05, 4.69) is 10.2 Å². The monoisotopic (exact) mass is 408 g/mol. The quantitative estimate of drug-likeness (QED) is 0.687. The third-order valence-electron chi connectivity index (χ3n) is 4.90. The number of aromatic hydroxyl groups is 1. The molecule has 1 aliphatic rings. The number of para-hydroxylation sites is 1. The number of nitrogens with zero attached hydrogens (tertiary/aromatic N) is 3. The van der Waals surface area contributed by atoms with Crippen molar-refractivity contribution in [2.24, 2.45) is 0 Å². The van der Waals surface area contributed by atoms with Gasteiger partial charge in [-0.25, -0.2) is 8.42 Å². The standard InChI is InChI=1S/C21H20N4O3S/c22-21-18(14-19(23-24-21)17-8-4-5-9-20(17)26)15-10-12-25(13-11-15)29(27,28)16-6-2-1-3-7-16/h1-10,14,26H,11-13H2,(H2,22,24). The summed E-state index contributed by atoms with van der Waals surface area (Å²) in [5, 5.41) is 18.2. The minimum atomic E-state index is -3.54. The molecule has 29 heavy (non-hydrogen) atoms. The smallest absolute Gasteiger partial charge is 0.243 e. The zero-order valence-electron chi connectivity index (χ0n) is 15.6. The number of aromatic nitrogens is 2. The summed E-state index contributed by atoms with van der Waals surface area (Å²) >= 11 is 0. The van der Waals surface area contributed by atoms with Crippen LogP contribution in [0.3, 0.4) is 0 Å². The van der Waals surface area contributed by atoms with Gasteiger partial charge < -0.3 is 10.8 Å². The maximum atomic E-state index is 12.8. The molecule has 0 amide bonds. The van der Waals surface area contributed by atoms with Crippen molar-refractivity contribution < 1.29 is 13.5 Å². The van der Waals surface area contributed by atoms with Crippen molar-refractivity contribution in [3.05, 3.63) is 72.3 Å². The van der Waals surface area contributed by atoms with Crippen LogP contribution in [0.4, 0.5) is 5.82 Å². The van der Waals surface area contributed by atoms with Gasteiger partial charge in [0.2, 0.25) is 10.0 Å². The molecule has 3 N–H and O–H groups in total. The fourth-order valence-corrected chi connectivity index (χ4v) is 4.74. The van der Waals surface area contributed by atoms with E-state index >= 15 is 0 Å². The number of phenolic OH excluding ortho intramolecular Hbond substituents is 1. The molecule has 2 aromatic carbocycles. The molecule has 4 rings (SSSR count). The van der Waals surface area contributed by atoms with Crippen LogP contribution in [0.15, 0.2) is 71.6 Å². The van der Waals surface area contributed by atoms with Crippen molar-refractivity contribution in [3.63, 3.8) is 0 Å². The van der Waals surface area contributed by atoms with E-state index in [1.807, 2.05) is 6.08 Å². The Hall–Kier alpha value is -3.23. The summed E-state index contributed by atoms with van der Waals surface area (Å²) in [6.45, 7) is 0.594. The van der Waals surface area contributed by atoms with Crippen molar-refractivity contribution in [2.75, 3.05) is 18.8 Å². The van der Waals surface area contributed by atoms with E-state index in [4.69, 9.17) is 5.73 Å². The third kappa shape index (κ3) is 3.72. The Labute approximate surface area is 169 Å². The number of nitrogens with two attached hydrogens (primary N) is 1. The molecule has 0 fully saturated rings. The zero-order valence-corrected chi connectivity index (χ0v) is 16.4. The van der Waals surface area contributed by atoms with Crippen LogP contribution in [0.5, 0.6) is 5.75 Å². The van der Waals surface area contributed by atoms with Gasteiger partial charge in [-0.1, -0.05) is 36.4 Å². The van der Waals surface area contributed by atoms with Crippen molar-refractivity contribution in [1.29, 1.82) is 0 Å². The number of hydrogen-bond donors (Lipinski definition) is 2. The number of anilines is 1. The number of hydrogen-bond acceptors (Lipinski definition) is 6. The maximum Gasteiger partial charge on any atom is 0.243 e. The Morgan fingerprint density at radius 2 is 1.69 bits per heavy atom. The zero-order chi connectivity index (χ0) is 20.4. The van der Waals surface area contributed by atoms with Gasteiger partial charge in [0, 0.05) is 24.2 Å². The average molecular weight is 408 g/mol. The first kappa shape index (κ1) is 19.1. The second kappa shape index (κ2) is 7.65. The van der Waals surface area contributed by atoms with Crippen LogP contribution in [0.25, 0.3) is 16.8 Å². The SMILES string of the molecule is Nc1nnc(-c2ccccc2O)cc1C1=CCN(S(=O)(=O)c2ccccc2)CC1. The van der Waals surface area contributed by atoms with E-state index in [-0.39, 0.29) is 23.0 Å². The molecule has 0 aliphatic carbocycles. The normalized spacial score (nSPS) is 15.1. The molecular weight excluding hydrogens is 388 g/mol. The number of nitrogen functional groups attached to an aromatic ring is 1. The van der Waals surface area contributed by atoms with E-state index in [0.717, 1.165) is 5.57 Å². The topological polar surface area (TPSA) is 109 Å². The highest BCUT2D eigenvalue weighted by atomic mass is 32.2. The van der Waals surface area contributed by atoms with E-state index in [1.54, 1.807) is 60.7 Å². The Kier molecular flexibility index (Phi) is 5.04. The molecule has 1 aromatic heterocycles. The molecule has 0 radical (unpaired) electrons. The molecule has 0 saturated carbocycles. The van der Waals surface area contributed by atoms with E-state index in [1.165, 1.54) is 4.31 Å².